The lowest BCUT2D eigenvalue weighted by atomic mass is 9.70. The quantitative estimate of drug-likeness (QED) is 0.853. The van der Waals surface area contributed by atoms with Gasteiger partial charge in [-0.15, -0.1) is 11.3 Å². The highest BCUT2D eigenvalue weighted by Gasteiger charge is 2.35. The van der Waals surface area contributed by atoms with E-state index < -0.39 is 0 Å². The number of thiophene rings is 1. The molecule has 15 heavy (non-hydrogen) atoms. The Labute approximate surface area is 104 Å². The van der Waals surface area contributed by atoms with Crippen molar-refractivity contribution < 1.29 is 0 Å². The van der Waals surface area contributed by atoms with Gasteiger partial charge in [0.15, 0.2) is 0 Å². The minimum Gasteiger partial charge on any atom is -0.323 e. The number of halogens is 1. The zero-order valence-corrected chi connectivity index (χ0v) is 11.5. The topological polar surface area (TPSA) is 26.0 Å². The van der Waals surface area contributed by atoms with E-state index in [0.29, 0.717) is 5.41 Å². The molecule has 0 radical (unpaired) electrons. The van der Waals surface area contributed by atoms with Crippen LogP contribution < -0.4 is 5.73 Å². The van der Waals surface area contributed by atoms with Crippen molar-refractivity contribution in [3.05, 3.63) is 20.8 Å². The summed E-state index contributed by atoms with van der Waals surface area (Å²) in [4.78, 5) is 1.32. The van der Waals surface area contributed by atoms with Gasteiger partial charge >= 0.3 is 0 Å². The minimum absolute atomic E-state index is 0.201. The number of nitrogens with two attached hydrogens (primary N) is 1. The predicted octanol–water partition coefficient (Wildman–Crippen LogP) is 4.48. The molecule has 0 aliphatic heterocycles. The lowest BCUT2D eigenvalue weighted by Gasteiger charge is -2.38. The van der Waals surface area contributed by atoms with E-state index >= 15 is 0 Å². The van der Waals surface area contributed by atoms with Crippen molar-refractivity contribution in [2.75, 3.05) is 0 Å². The van der Waals surface area contributed by atoms with E-state index in [9.17, 15) is 0 Å². The Morgan fingerprint density at radius 3 is 2.60 bits per heavy atom. The van der Waals surface area contributed by atoms with Crippen molar-refractivity contribution in [2.45, 2.75) is 45.1 Å². The SMILES string of the molecule is CC1(C(N)c2sccc2Br)CCCCC1. The number of hydrogen-bond donors (Lipinski definition) is 1. The fourth-order valence-corrected chi connectivity index (χ4v) is 4.31. The van der Waals surface area contributed by atoms with Crippen LogP contribution in [0.2, 0.25) is 0 Å². The van der Waals surface area contributed by atoms with Crippen LogP contribution in [0, 0.1) is 5.41 Å². The smallest absolute Gasteiger partial charge is 0.0455 e. The summed E-state index contributed by atoms with van der Waals surface area (Å²) in [5, 5.41) is 2.12. The maximum atomic E-state index is 6.43. The van der Waals surface area contributed by atoms with Gasteiger partial charge in [0, 0.05) is 15.4 Å². The van der Waals surface area contributed by atoms with E-state index in [2.05, 4.69) is 34.3 Å². The Morgan fingerprint density at radius 1 is 1.40 bits per heavy atom. The van der Waals surface area contributed by atoms with Gasteiger partial charge in [0.25, 0.3) is 0 Å². The lowest BCUT2D eigenvalue weighted by molar-refractivity contribution is 0.172. The molecule has 2 N–H and O–H groups in total. The van der Waals surface area contributed by atoms with E-state index in [4.69, 9.17) is 5.73 Å². The van der Waals surface area contributed by atoms with Crippen LogP contribution in [0.15, 0.2) is 15.9 Å². The molecule has 2 rings (SSSR count). The highest BCUT2D eigenvalue weighted by Crippen LogP contribution is 2.47. The molecule has 1 fully saturated rings. The van der Waals surface area contributed by atoms with E-state index in [0.717, 1.165) is 0 Å². The first-order valence-corrected chi connectivity index (χ1v) is 7.29. The van der Waals surface area contributed by atoms with Crippen LogP contribution in [0.3, 0.4) is 0 Å². The van der Waals surface area contributed by atoms with E-state index in [1.54, 1.807) is 11.3 Å². The Balaban J connectivity index is 2.19. The van der Waals surface area contributed by atoms with Crippen LogP contribution >= 0.6 is 27.3 Å². The van der Waals surface area contributed by atoms with Gasteiger partial charge < -0.3 is 5.73 Å². The van der Waals surface area contributed by atoms with Gasteiger partial charge in [-0.1, -0.05) is 26.2 Å². The van der Waals surface area contributed by atoms with Gasteiger partial charge in [0.05, 0.1) is 0 Å². The monoisotopic (exact) mass is 287 g/mol. The molecule has 1 saturated carbocycles. The molecule has 0 spiro atoms. The zero-order chi connectivity index (χ0) is 10.9. The normalized spacial score (nSPS) is 22.6. The van der Waals surface area contributed by atoms with Crippen LogP contribution in [0.25, 0.3) is 0 Å². The summed E-state index contributed by atoms with van der Waals surface area (Å²) in [6.07, 6.45) is 6.62. The van der Waals surface area contributed by atoms with Crippen LogP contribution in [-0.2, 0) is 0 Å². The van der Waals surface area contributed by atoms with Crippen molar-refractivity contribution in [3.8, 4) is 0 Å². The van der Waals surface area contributed by atoms with E-state index in [-0.39, 0.29) is 6.04 Å². The maximum Gasteiger partial charge on any atom is 0.0455 e. The molecule has 1 unspecified atom stereocenters. The van der Waals surface area contributed by atoms with E-state index in [1.165, 1.54) is 41.5 Å². The average Bonchev–Trinajstić information content (AvgIpc) is 2.64. The van der Waals surface area contributed by atoms with Gasteiger partial charge in [-0.2, -0.15) is 0 Å². The summed E-state index contributed by atoms with van der Waals surface area (Å²) in [6, 6.07) is 2.30. The second-order valence-electron chi connectivity index (χ2n) is 4.83. The fraction of sp³-hybridized carbons (Fsp3) is 0.667. The molecule has 1 aromatic rings. The number of hydrogen-bond acceptors (Lipinski definition) is 2. The highest BCUT2D eigenvalue weighted by atomic mass is 79.9. The zero-order valence-electron chi connectivity index (χ0n) is 9.13. The van der Waals surface area contributed by atoms with Gasteiger partial charge in [-0.25, -0.2) is 0 Å². The molecule has 3 heteroatoms. The third-order valence-corrected chi connectivity index (χ3v) is 5.63. The van der Waals surface area contributed by atoms with Crippen molar-refractivity contribution in [3.63, 3.8) is 0 Å². The Morgan fingerprint density at radius 2 is 2.07 bits per heavy atom. The first kappa shape index (κ1) is 11.6. The standard InChI is InChI=1S/C12H18BrNS/c1-12(6-3-2-4-7-12)11(14)10-9(13)5-8-15-10/h5,8,11H,2-4,6-7,14H2,1H3. The number of rotatable bonds is 2. The largest absolute Gasteiger partial charge is 0.323 e. The average molecular weight is 288 g/mol. The highest BCUT2D eigenvalue weighted by molar-refractivity contribution is 9.10. The third kappa shape index (κ3) is 2.29. The molecule has 0 aromatic carbocycles. The Kier molecular flexibility index (Phi) is 3.53. The fourth-order valence-electron chi connectivity index (χ4n) is 2.51. The van der Waals surface area contributed by atoms with Crippen LogP contribution in [0.5, 0.6) is 0 Å². The van der Waals surface area contributed by atoms with Gasteiger partial charge in [-0.3, -0.25) is 0 Å². The molecule has 1 aliphatic rings. The van der Waals surface area contributed by atoms with Crippen molar-refractivity contribution in [1.29, 1.82) is 0 Å². The Hall–Kier alpha value is 0.140. The van der Waals surface area contributed by atoms with E-state index in [1.807, 2.05) is 0 Å². The van der Waals surface area contributed by atoms with Crippen LogP contribution in [0.4, 0.5) is 0 Å². The molecule has 1 aliphatic carbocycles. The van der Waals surface area contributed by atoms with Gasteiger partial charge in [-0.05, 0) is 45.6 Å². The molecule has 1 atom stereocenters. The molecule has 84 valence electrons. The molecule has 0 bridgehead atoms. The summed E-state index contributed by atoms with van der Waals surface area (Å²) in [5.74, 6) is 0. The first-order valence-electron chi connectivity index (χ1n) is 5.62. The summed E-state index contributed by atoms with van der Waals surface area (Å²) in [6.45, 7) is 2.35. The molecule has 0 amide bonds. The van der Waals surface area contributed by atoms with Crippen molar-refractivity contribution in [1.82, 2.24) is 0 Å². The third-order valence-electron chi connectivity index (χ3n) is 3.67. The van der Waals surface area contributed by atoms with Crippen molar-refractivity contribution >= 4 is 27.3 Å². The van der Waals surface area contributed by atoms with Crippen molar-refractivity contribution in [2.24, 2.45) is 11.1 Å². The van der Waals surface area contributed by atoms with Crippen LogP contribution in [-0.4, -0.2) is 0 Å². The Bertz CT molecular complexity index is 328. The lowest BCUT2D eigenvalue weighted by Crippen LogP contribution is -2.33. The molecule has 1 heterocycles. The predicted molar refractivity (Wildman–Crippen MR) is 70.1 cm³/mol. The second-order valence-corrected chi connectivity index (χ2v) is 6.63. The molecule has 0 saturated heterocycles. The molecule has 1 nitrogen and oxygen atoms in total. The molecular formula is C12H18BrNS. The maximum absolute atomic E-state index is 6.43. The van der Waals surface area contributed by atoms with Gasteiger partial charge in [0.2, 0.25) is 0 Å². The van der Waals surface area contributed by atoms with Crippen LogP contribution in [0.1, 0.15) is 49.9 Å². The summed E-state index contributed by atoms with van der Waals surface area (Å²) >= 11 is 5.37. The minimum atomic E-state index is 0.201. The summed E-state index contributed by atoms with van der Waals surface area (Å²) in [7, 11) is 0. The summed E-state index contributed by atoms with van der Waals surface area (Å²) in [5.41, 5.74) is 6.74. The molecular weight excluding hydrogens is 270 g/mol. The summed E-state index contributed by atoms with van der Waals surface area (Å²) < 4.78 is 1.19. The van der Waals surface area contributed by atoms with Gasteiger partial charge in [0.1, 0.15) is 0 Å². The molecule has 1 aromatic heterocycles. The first-order chi connectivity index (χ1) is 7.13. The second kappa shape index (κ2) is 4.56.